The van der Waals surface area contributed by atoms with Crippen molar-refractivity contribution in [2.75, 3.05) is 32.7 Å². The molecular formula is C21H29N3O4. The minimum atomic E-state index is -1.05. The van der Waals surface area contributed by atoms with Crippen molar-refractivity contribution >= 4 is 12.0 Å². The smallest absolute Gasteiger partial charge is 0.408 e. The molecule has 7 nitrogen and oxygen atoms in total. The lowest BCUT2D eigenvalue weighted by molar-refractivity contribution is -0.135. The molecule has 0 bridgehead atoms. The van der Waals surface area contributed by atoms with Crippen molar-refractivity contribution in [1.82, 2.24) is 14.7 Å². The fourth-order valence-electron chi connectivity index (χ4n) is 4.51. The minimum absolute atomic E-state index is 0.0722. The van der Waals surface area contributed by atoms with Gasteiger partial charge in [-0.15, -0.1) is 0 Å². The lowest BCUT2D eigenvalue weighted by atomic mass is 9.91. The molecule has 152 valence electrons. The van der Waals surface area contributed by atoms with Crippen LogP contribution < -0.4 is 4.74 Å². The maximum Gasteiger partial charge on any atom is 0.408 e. The molecule has 0 unspecified atom stereocenters. The Bertz CT molecular complexity index is 694. The number of hydrogen-bond acceptors (Lipinski definition) is 4. The standard InChI is InChI=1S/C21H29N3O4/c25-20(23-11-5-10-22(12-13-23)16-6-4-7-16)19-14-18(15-24(19)21(26)27)28-17-8-2-1-3-9-17/h1-3,8-9,16,18-19H,4-7,10-15H2,(H,26,27)/t18-,19+/m1/s1. The monoisotopic (exact) mass is 387 g/mol. The number of carbonyl (C=O) groups is 2. The number of rotatable bonds is 4. The van der Waals surface area contributed by atoms with E-state index in [1.165, 1.54) is 24.2 Å². The fraction of sp³-hybridized carbons (Fsp3) is 0.619. The number of ether oxygens (including phenoxy) is 1. The molecule has 2 amide bonds. The zero-order chi connectivity index (χ0) is 19.5. The van der Waals surface area contributed by atoms with Crippen LogP contribution in [-0.4, -0.2) is 82.7 Å². The molecule has 7 heteroatoms. The van der Waals surface area contributed by atoms with Crippen LogP contribution in [0.1, 0.15) is 32.1 Å². The first-order valence-electron chi connectivity index (χ1n) is 10.4. The van der Waals surface area contributed by atoms with Crippen LogP contribution >= 0.6 is 0 Å². The summed E-state index contributed by atoms with van der Waals surface area (Å²) in [6.45, 7) is 3.53. The Morgan fingerprint density at radius 2 is 1.79 bits per heavy atom. The molecule has 0 radical (unpaired) electrons. The zero-order valence-corrected chi connectivity index (χ0v) is 16.2. The van der Waals surface area contributed by atoms with E-state index in [2.05, 4.69) is 4.90 Å². The number of amides is 2. The Kier molecular flexibility index (Phi) is 5.71. The lowest BCUT2D eigenvalue weighted by Crippen LogP contribution is -2.49. The van der Waals surface area contributed by atoms with Gasteiger partial charge < -0.3 is 14.7 Å². The van der Waals surface area contributed by atoms with E-state index in [0.717, 1.165) is 19.5 Å². The summed E-state index contributed by atoms with van der Waals surface area (Å²) < 4.78 is 5.93. The summed E-state index contributed by atoms with van der Waals surface area (Å²) >= 11 is 0. The summed E-state index contributed by atoms with van der Waals surface area (Å²) in [6, 6.07) is 9.40. The van der Waals surface area contributed by atoms with Gasteiger partial charge in [0.1, 0.15) is 17.9 Å². The molecule has 28 heavy (non-hydrogen) atoms. The number of benzene rings is 1. The van der Waals surface area contributed by atoms with Gasteiger partial charge in [-0.05, 0) is 31.4 Å². The van der Waals surface area contributed by atoms with Gasteiger partial charge in [0, 0.05) is 38.6 Å². The lowest BCUT2D eigenvalue weighted by Gasteiger charge is -2.36. The Hall–Kier alpha value is -2.28. The summed E-state index contributed by atoms with van der Waals surface area (Å²) in [7, 11) is 0. The van der Waals surface area contributed by atoms with Crippen molar-refractivity contribution in [2.24, 2.45) is 0 Å². The zero-order valence-electron chi connectivity index (χ0n) is 16.2. The van der Waals surface area contributed by atoms with E-state index in [1.54, 1.807) is 0 Å². The van der Waals surface area contributed by atoms with E-state index in [0.29, 0.717) is 31.3 Å². The molecule has 1 aliphatic carbocycles. The van der Waals surface area contributed by atoms with Gasteiger partial charge in [0.05, 0.1) is 6.54 Å². The second kappa shape index (κ2) is 8.39. The Labute approximate surface area is 165 Å². The molecule has 0 spiro atoms. The first-order chi connectivity index (χ1) is 13.6. The number of carbonyl (C=O) groups excluding carboxylic acids is 1. The molecule has 4 rings (SSSR count). The molecule has 1 aromatic rings. The van der Waals surface area contributed by atoms with Crippen LogP contribution in [-0.2, 0) is 4.79 Å². The highest BCUT2D eigenvalue weighted by Gasteiger charge is 2.43. The minimum Gasteiger partial charge on any atom is -0.488 e. The first kappa shape index (κ1) is 19.1. The van der Waals surface area contributed by atoms with Gasteiger partial charge in [-0.3, -0.25) is 14.6 Å². The molecule has 2 aliphatic heterocycles. The van der Waals surface area contributed by atoms with Gasteiger partial charge in [0.15, 0.2) is 0 Å². The molecule has 2 heterocycles. The SMILES string of the molecule is O=C([C@@H]1C[C@@H](Oc2ccccc2)CN1C(=O)O)N1CCCN(C2CCC2)CC1. The summed E-state index contributed by atoms with van der Waals surface area (Å²) in [5.41, 5.74) is 0. The topological polar surface area (TPSA) is 73.3 Å². The van der Waals surface area contributed by atoms with Gasteiger partial charge in [0.25, 0.3) is 0 Å². The number of nitrogens with zero attached hydrogens (tertiary/aromatic N) is 3. The van der Waals surface area contributed by atoms with Crippen LogP contribution in [0.3, 0.4) is 0 Å². The van der Waals surface area contributed by atoms with E-state index in [9.17, 15) is 14.7 Å². The van der Waals surface area contributed by atoms with E-state index < -0.39 is 12.1 Å². The molecule has 3 aliphatic rings. The number of likely N-dealkylation sites (tertiary alicyclic amines) is 1. The predicted octanol–water partition coefficient (Wildman–Crippen LogP) is 2.27. The van der Waals surface area contributed by atoms with Crippen LogP contribution in [0.4, 0.5) is 4.79 Å². The third-order valence-electron chi connectivity index (χ3n) is 6.27. The average molecular weight is 387 g/mol. The average Bonchev–Trinajstić information content (AvgIpc) is 2.92. The summed E-state index contributed by atoms with van der Waals surface area (Å²) in [4.78, 5) is 30.5. The number of hydrogen-bond donors (Lipinski definition) is 1. The predicted molar refractivity (Wildman–Crippen MR) is 104 cm³/mol. The third kappa shape index (κ3) is 4.09. The van der Waals surface area contributed by atoms with Gasteiger partial charge >= 0.3 is 6.09 Å². The van der Waals surface area contributed by atoms with E-state index >= 15 is 0 Å². The highest BCUT2D eigenvalue weighted by Crippen LogP contribution is 2.27. The van der Waals surface area contributed by atoms with Crippen LogP contribution in [0.5, 0.6) is 5.75 Å². The molecule has 0 aromatic heterocycles. The Morgan fingerprint density at radius 3 is 2.46 bits per heavy atom. The van der Waals surface area contributed by atoms with E-state index in [4.69, 9.17) is 4.74 Å². The maximum atomic E-state index is 13.2. The molecule has 1 saturated carbocycles. The van der Waals surface area contributed by atoms with Gasteiger partial charge in [-0.2, -0.15) is 0 Å². The molecule has 1 N–H and O–H groups in total. The van der Waals surface area contributed by atoms with Crippen molar-refractivity contribution in [1.29, 1.82) is 0 Å². The Balaban J connectivity index is 1.39. The number of para-hydroxylation sites is 1. The Morgan fingerprint density at radius 1 is 1.00 bits per heavy atom. The van der Waals surface area contributed by atoms with Crippen molar-refractivity contribution in [2.45, 2.75) is 50.3 Å². The first-order valence-corrected chi connectivity index (χ1v) is 10.4. The van der Waals surface area contributed by atoms with Crippen LogP contribution in [0, 0.1) is 0 Å². The van der Waals surface area contributed by atoms with Crippen LogP contribution in [0.2, 0.25) is 0 Å². The van der Waals surface area contributed by atoms with Crippen molar-refractivity contribution in [3.05, 3.63) is 30.3 Å². The van der Waals surface area contributed by atoms with E-state index in [-0.39, 0.29) is 18.6 Å². The highest BCUT2D eigenvalue weighted by atomic mass is 16.5. The maximum absolute atomic E-state index is 13.2. The molecule has 3 fully saturated rings. The van der Waals surface area contributed by atoms with Crippen LogP contribution in [0.25, 0.3) is 0 Å². The quantitative estimate of drug-likeness (QED) is 0.858. The van der Waals surface area contributed by atoms with Gasteiger partial charge in [-0.25, -0.2) is 4.79 Å². The molecule has 2 saturated heterocycles. The second-order valence-electron chi connectivity index (χ2n) is 8.04. The molecule has 2 atom stereocenters. The molecular weight excluding hydrogens is 358 g/mol. The van der Waals surface area contributed by atoms with Gasteiger partial charge in [0.2, 0.25) is 5.91 Å². The summed E-state index contributed by atoms with van der Waals surface area (Å²) in [6.07, 6.45) is 3.84. The second-order valence-corrected chi connectivity index (χ2v) is 8.04. The molecule has 1 aromatic carbocycles. The van der Waals surface area contributed by atoms with Crippen molar-refractivity contribution in [3.63, 3.8) is 0 Å². The highest BCUT2D eigenvalue weighted by molar-refractivity contribution is 5.86. The van der Waals surface area contributed by atoms with E-state index in [1.807, 2.05) is 35.2 Å². The normalized spacial score (nSPS) is 26.6. The largest absolute Gasteiger partial charge is 0.488 e. The third-order valence-corrected chi connectivity index (χ3v) is 6.27. The summed E-state index contributed by atoms with van der Waals surface area (Å²) in [5.74, 6) is 0.633. The van der Waals surface area contributed by atoms with Gasteiger partial charge in [-0.1, -0.05) is 24.6 Å². The fourth-order valence-corrected chi connectivity index (χ4v) is 4.51. The number of carboxylic acid groups (broad SMARTS) is 1. The summed E-state index contributed by atoms with van der Waals surface area (Å²) in [5, 5.41) is 9.62. The van der Waals surface area contributed by atoms with Crippen LogP contribution in [0.15, 0.2) is 30.3 Å². The van der Waals surface area contributed by atoms with Crippen molar-refractivity contribution in [3.8, 4) is 5.75 Å². The van der Waals surface area contributed by atoms with Crippen molar-refractivity contribution < 1.29 is 19.4 Å².